The maximum Gasteiger partial charge on any atom is 0.118 e. The van der Waals surface area contributed by atoms with Crippen molar-refractivity contribution in [2.45, 2.75) is 37.5 Å². The van der Waals surface area contributed by atoms with Gasteiger partial charge in [-0.15, -0.1) is 0 Å². The Morgan fingerprint density at radius 3 is 2.08 bits per heavy atom. The second-order valence-corrected chi connectivity index (χ2v) is 6.93. The number of benzene rings is 3. The molecule has 1 aliphatic carbocycles. The van der Waals surface area contributed by atoms with Crippen LogP contribution in [0.5, 0.6) is 5.75 Å². The first-order chi connectivity index (χ1) is 11.8. The zero-order valence-corrected chi connectivity index (χ0v) is 14.3. The predicted octanol–water partition coefficient (Wildman–Crippen LogP) is 6.10. The molecule has 0 radical (unpaired) electrons. The van der Waals surface area contributed by atoms with E-state index in [0.29, 0.717) is 0 Å². The van der Waals surface area contributed by atoms with Crippen molar-refractivity contribution in [1.29, 1.82) is 0 Å². The minimum atomic E-state index is 0.147. The molecule has 0 heterocycles. The van der Waals surface area contributed by atoms with E-state index in [-0.39, 0.29) is 5.41 Å². The summed E-state index contributed by atoms with van der Waals surface area (Å²) in [6.45, 7) is 0. The summed E-state index contributed by atoms with van der Waals surface area (Å²) in [6.07, 6.45) is 6.43. The van der Waals surface area contributed by atoms with Gasteiger partial charge in [-0.1, -0.05) is 73.9 Å². The molecule has 1 aliphatic rings. The maximum absolute atomic E-state index is 5.35. The van der Waals surface area contributed by atoms with Crippen LogP contribution in [0.25, 0.3) is 10.8 Å². The lowest BCUT2D eigenvalue weighted by molar-refractivity contribution is 0.345. The highest BCUT2D eigenvalue weighted by Gasteiger charge is 2.35. The molecule has 0 bridgehead atoms. The van der Waals surface area contributed by atoms with Crippen LogP contribution in [0.2, 0.25) is 0 Å². The summed E-state index contributed by atoms with van der Waals surface area (Å²) < 4.78 is 5.35. The van der Waals surface area contributed by atoms with Gasteiger partial charge in [0.25, 0.3) is 0 Å². The summed E-state index contributed by atoms with van der Waals surface area (Å²) in [4.78, 5) is 0. The normalized spacial score (nSPS) is 16.9. The number of rotatable bonds is 3. The van der Waals surface area contributed by atoms with E-state index >= 15 is 0 Å². The molecule has 24 heavy (non-hydrogen) atoms. The van der Waals surface area contributed by atoms with Crippen LogP contribution in [0.4, 0.5) is 0 Å². The predicted molar refractivity (Wildman–Crippen MR) is 101 cm³/mol. The van der Waals surface area contributed by atoms with Gasteiger partial charge in [-0.05, 0) is 46.9 Å². The van der Waals surface area contributed by atoms with Crippen LogP contribution in [-0.2, 0) is 5.41 Å². The van der Waals surface area contributed by atoms with Gasteiger partial charge in [-0.25, -0.2) is 0 Å². The molecule has 1 saturated carbocycles. The molecule has 3 aromatic carbocycles. The fraction of sp³-hybridized carbons (Fsp3) is 0.304. The monoisotopic (exact) mass is 316 g/mol. The van der Waals surface area contributed by atoms with Gasteiger partial charge in [0.1, 0.15) is 5.75 Å². The quantitative estimate of drug-likeness (QED) is 0.567. The van der Waals surface area contributed by atoms with Crippen molar-refractivity contribution in [2.75, 3.05) is 7.11 Å². The lowest BCUT2D eigenvalue weighted by Crippen LogP contribution is -2.30. The van der Waals surface area contributed by atoms with Crippen LogP contribution in [-0.4, -0.2) is 7.11 Å². The third-order valence-corrected chi connectivity index (χ3v) is 5.65. The van der Waals surface area contributed by atoms with Gasteiger partial charge in [0, 0.05) is 5.41 Å². The average Bonchev–Trinajstić information content (AvgIpc) is 2.68. The average molecular weight is 316 g/mol. The molecule has 0 atom stereocenters. The maximum atomic E-state index is 5.35. The van der Waals surface area contributed by atoms with Crippen LogP contribution in [0.3, 0.4) is 0 Å². The van der Waals surface area contributed by atoms with Crippen molar-refractivity contribution in [2.24, 2.45) is 0 Å². The summed E-state index contributed by atoms with van der Waals surface area (Å²) in [5.41, 5.74) is 3.04. The molecule has 3 aromatic rings. The Hall–Kier alpha value is -2.28. The van der Waals surface area contributed by atoms with E-state index < -0.39 is 0 Å². The summed E-state index contributed by atoms with van der Waals surface area (Å²) in [5.74, 6) is 0.934. The summed E-state index contributed by atoms with van der Waals surface area (Å²) >= 11 is 0. The van der Waals surface area contributed by atoms with E-state index in [1.165, 1.54) is 54.0 Å². The van der Waals surface area contributed by atoms with E-state index in [9.17, 15) is 0 Å². The minimum absolute atomic E-state index is 0.147. The molecule has 122 valence electrons. The Balaban J connectivity index is 1.84. The van der Waals surface area contributed by atoms with Gasteiger partial charge in [0.05, 0.1) is 7.11 Å². The van der Waals surface area contributed by atoms with Crippen LogP contribution in [0.1, 0.15) is 43.2 Å². The lowest BCUT2D eigenvalue weighted by atomic mass is 9.65. The topological polar surface area (TPSA) is 9.23 Å². The summed E-state index contributed by atoms with van der Waals surface area (Å²) in [7, 11) is 1.73. The first-order valence-electron chi connectivity index (χ1n) is 8.96. The Kier molecular flexibility index (Phi) is 4.02. The molecule has 0 aliphatic heterocycles. The highest BCUT2D eigenvalue weighted by atomic mass is 16.5. The zero-order chi connectivity index (χ0) is 16.4. The molecule has 4 rings (SSSR count). The molecular weight excluding hydrogens is 292 g/mol. The third-order valence-electron chi connectivity index (χ3n) is 5.65. The van der Waals surface area contributed by atoms with Gasteiger partial charge in [-0.3, -0.25) is 0 Å². The summed E-state index contributed by atoms with van der Waals surface area (Å²) in [6, 6.07) is 24.4. The van der Waals surface area contributed by atoms with Crippen LogP contribution < -0.4 is 4.74 Å². The van der Waals surface area contributed by atoms with E-state index in [1.807, 2.05) is 0 Å². The Morgan fingerprint density at radius 2 is 1.38 bits per heavy atom. The fourth-order valence-corrected chi connectivity index (χ4v) is 4.30. The van der Waals surface area contributed by atoms with Gasteiger partial charge in [-0.2, -0.15) is 0 Å². The molecular formula is C23H24O. The first kappa shape index (κ1) is 15.3. The van der Waals surface area contributed by atoms with E-state index in [0.717, 1.165) is 5.75 Å². The SMILES string of the molecule is COc1ccc(C2(c3ccc4ccccc4c3)CCCCC2)cc1. The number of methoxy groups -OCH3 is 1. The van der Waals surface area contributed by atoms with E-state index in [2.05, 4.69) is 66.7 Å². The molecule has 0 spiro atoms. The van der Waals surface area contributed by atoms with Gasteiger partial charge in [0.2, 0.25) is 0 Å². The highest BCUT2D eigenvalue weighted by molar-refractivity contribution is 5.83. The Bertz CT molecular complexity index is 826. The van der Waals surface area contributed by atoms with E-state index in [1.54, 1.807) is 7.11 Å². The van der Waals surface area contributed by atoms with Crippen LogP contribution >= 0.6 is 0 Å². The van der Waals surface area contributed by atoms with Crippen molar-refractivity contribution in [3.05, 3.63) is 77.9 Å². The van der Waals surface area contributed by atoms with Gasteiger partial charge >= 0.3 is 0 Å². The molecule has 0 unspecified atom stereocenters. The first-order valence-corrected chi connectivity index (χ1v) is 8.96. The highest BCUT2D eigenvalue weighted by Crippen LogP contribution is 2.45. The standard InChI is InChI=1S/C23H24O/c1-24-22-13-11-20(12-14-22)23(15-5-2-6-16-23)21-10-9-18-7-3-4-8-19(18)17-21/h3-4,7-14,17H,2,5-6,15-16H2,1H3. The molecule has 0 saturated heterocycles. The van der Waals surface area contributed by atoms with Crippen molar-refractivity contribution in [3.63, 3.8) is 0 Å². The number of hydrogen-bond donors (Lipinski definition) is 0. The number of fused-ring (bicyclic) bond motifs is 1. The van der Waals surface area contributed by atoms with Gasteiger partial charge in [0.15, 0.2) is 0 Å². The van der Waals surface area contributed by atoms with Crippen molar-refractivity contribution < 1.29 is 4.74 Å². The largest absolute Gasteiger partial charge is 0.497 e. The molecule has 1 heteroatoms. The van der Waals surface area contributed by atoms with E-state index in [4.69, 9.17) is 4.74 Å². The zero-order valence-electron chi connectivity index (χ0n) is 14.3. The molecule has 0 N–H and O–H groups in total. The molecule has 0 amide bonds. The van der Waals surface area contributed by atoms with Crippen molar-refractivity contribution >= 4 is 10.8 Å². The molecule has 1 fully saturated rings. The van der Waals surface area contributed by atoms with Crippen molar-refractivity contribution in [1.82, 2.24) is 0 Å². The number of hydrogen-bond acceptors (Lipinski definition) is 1. The summed E-state index contributed by atoms with van der Waals surface area (Å²) in [5, 5.41) is 2.66. The third kappa shape index (κ3) is 2.58. The van der Waals surface area contributed by atoms with Crippen LogP contribution in [0.15, 0.2) is 66.7 Å². The van der Waals surface area contributed by atoms with Gasteiger partial charge < -0.3 is 4.74 Å². The Labute approximate surface area is 144 Å². The molecule has 0 aromatic heterocycles. The number of ether oxygens (including phenoxy) is 1. The fourth-order valence-electron chi connectivity index (χ4n) is 4.30. The minimum Gasteiger partial charge on any atom is -0.497 e. The van der Waals surface area contributed by atoms with Crippen LogP contribution in [0, 0.1) is 0 Å². The molecule has 1 nitrogen and oxygen atoms in total. The second kappa shape index (κ2) is 6.32. The smallest absolute Gasteiger partial charge is 0.118 e. The van der Waals surface area contributed by atoms with Crippen molar-refractivity contribution in [3.8, 4) is 5.75 Å². The Morgan fingerprint density at radius 1 is 0.708 bits per heavy atom. The lowest BCUT2D eigenvalue weighted by Gasteiger charge is -2.39. The second-order valence-electron chi connectivity index (χ2n) is 6.93.